The summed E-state index contributed by atoms with van der Waals surface area (Å²) in [5.41, 5.74) is 0. The van der Waals surface area contributed by atoms with Crippen LogP contribution in [-0.4, -0.2) is 22.0 Å². The minimum atomic E-state index is -1.03. The van der Waals surface area contributed by atoms with Crippen LogP contribution in [0.25, 0.3) is 0 Å². The first-order valence-corrected chi connectivity index (χ1v) is 9.19. The van der Waals surface area contributed by atoms with E-state index in [9.17, 15) is 4.21 Å². The molecule has 0 spiro atoms. The number of halogens is 2. The van der Waals surface area contributed by atoms with Gasteiger partial charge in [-0.25, -0.2) is 0 Å². The van der Waals surface area contributed by atoms with Gasteiger partial charge in [0, 0.05) is 10.9 Å². The van der Waals surface area contributed by atoms with E-state index >= 15 is 0 Å². The van der Waals surface area contributed by atoms with E-state index in [-0.39, 0.29) is 5.25 Å². The molecule has 0 aromatic heterocycles. The molecule has 1 fully saturated rings. The van der Waals surface area contributed by atoms with Crippen LogP contribution in [-0.2, 0) is 10.8 Å². The molecule has 1 aliphatic carbocycles. The molecule has 2 rings (SSSR count). The van der Waals surface area contributed by atoms with Gasteiger partial charge in [0.2, 0.25) is 0 Å². The number of nitrogens with one attached hydrogen (secondary N) is 1. The van der Waals surface area contributed by atoms with Crippen molar-refractivity contribution in [1.29, 1.82) is 0 Å². The van der Waals surface area contributed by atoms with E-state index in [0.717, 1.165) is 37.1 Å². The third-order valence-corrected chi connectivity index (χ3v) is 6.33. The van der Waals surface area contributed by atoms with Crippen molar-refractivity contribution in [2.45, 2.75) is 55.2 Å². The van der Waals surface area contributed by atoms with Crippen molar-refractivity contribution in [1.82, 2.24) is 5.32 Å². The Kier molecular flexibility index (Phi) is 6.34. The maximum atomic E-state index is 12.8. The van der Waals surface area contributed by atoms with Gasteiger partial charge in [-0.2, -0.15) is 0 Å². The van der Waals surface area contributed by atoms with Crippen molar-refractivity contribution in [3.8, 4) is 0 Å². The van der Waals surface area contributed by atoms with Crippen molar-refractivity contribution in [3.05, 3.63) is 28.2 Å². The molecule has 1 aliphatic rings. The van der Waals surface area contributed by atoms with E-state index in [1.165, 1.54) is 6.42 Å². The quantitative estimate of drug-likeness (QED) is 0.864. The normalized spacial score (nSPS) is 24.6. The number of hydrogen-bond acceptors (Lipinski definition) is 2. The average Bonchev–Trinajstić information content (AvgIpc) is 2.47. The Morgan fingerprint density at radius 2 is 2.00 bits per heavy atom. The molecule has 3 atom stereocenters. The predicted molar refractivity (Wildman–Crippen MR) is 87.2 cm³/mol. The number of benzene rings is 1. The Morgan fingerprint density at radius 1 is 1.25 bits per heavy atom. The fraction of sp³-hybridized carbons (Fsp3) is 0.600. The lowest BCUT2D eigenvalue weighted by Gasteiger charge is -2.31. The van der Waals surface area contributed by atoms with Crippen molar-refractivity contribution in [2.24, 2.45) is 0 Å². The summed E-state index contributed by atoms with van der Waals surface area (Å²) in [6, 6.07) is 5.65. The van der Waals surface area contributed by atoms with E-state index in [4.69, 9.17) is 23.2 Å². The first-order valence-electron chi connectivity index (χ1n) is 7.22. The third-order valence-electron chi connectivity index (χ3n) is 3.76. The Bertz CT molecular complexity index is 481. The van der Waals surface area contributed by atoms with Gasteiger partial charge in [0.25, 0.3) is 0 Å². The van der Waals surface area contributed by atoms with Crippen LogP contribution in [0.1, 0.15) is 39.0 Å². The highest BCUT2D eigenvalue weighted by molar-refractivity contribution is 7.85. The second-order valence-electron chi connectivity index (χ2n) is 5.26. The number of hydrogen-bond donors (Lipinski definition) is 1. The molecule has 1 aromatic rings. The molecule has 0 amide bonds. The van der Waals surface area contributed by atoms with Gasteiger partial charge in [0.1, 0.15) is 0 Å². The van der Waals surface area contributed by atoms with Gasteiger partial charge in [-0.05, 0) is 44.0 Å². The van der Waals surface area contributed by atoms with E-state index in [2.05, 4.69) is 12.2 Å². The molecule has 1 N–H and O–H groups in total. The summed E-state index contributed by atoms with van der Waals surface area (Å²) in [4.78, 5) is 0.787. The van der Waals surface area contributed by atoms with Crippen LogP contribution < -0.4 is 5.32 Å². The second-order valence-corrected chi connectivity index (χ2v) is 7.74. The summed E-state index contributed by atoms with van der Waals surface area (Å²) in [5.74, 6) is 0. The molecular weight excluding hydrogens is 313 g/mol. The van der Waals surface area contributed by atoms with Crippen LogP contribution in [0.2, 0.25) is 10.0 Å². The molecule has 5 heteroatoms. The van der Waals surface area contributed by atoms with E-state index in [1.807, 2.05) is 6.07 Å². The molecule has 0 saturated heterocycles. The van der Waals surface area contributed by atoms with Crippen molar-refractivity contribution in [2.75, 3.05) is 6.54 Å². The molecule has 3 unspecified atom stereocenters. The van der Waals surface area contributed by atoms with Gasteiger partial charge in [-0.15, -0.1) is 0 Å². The molecule has 0 aliphatic heterocycles. The van der Waals surface area contributed by atoms with Gasteiger partial charge >= 0.3 is 0 Å². The number of rotatable bonds is 5. The van der Waals surface area contributed by atoms with Crippen LogP contribution in [0.15, 0.2) is 23.1 Å². The fourth-order valence-electron chi connectivity index (χ4n) is 2.69. The van der Waals surface area contributed by atoms with Crippen molar-refractivity contribution < 1.29 is 4.21 Å². The van der Waals surface area contributed by atoms with Gasteiger partial charge in [0.05, 0.1) is 26.1 Å². The molecule has 20 heavy (non-hydrogen) atoms. The zero-order valence-electron chi connectivity index (χ0n) is 11.7. The molecule has 112 valence electrons. The highest BCUT2D eigenvalue weighted by atomic mass is 35.5. The smallest absolute Gasteiger partial charge is 0.0604 e. The van der Waals surface area contributed by atoms with E-state index in [1.54, 1.807) is 12.1 Å². The second kappa shape index (κ2) is 7.79. The van der Waals surface area contributed by atoms with E-state index < -0.39 is 10.8 Å². The van der Waals surface area contributed by atoms with Crippen molar-refractivity contribution >= 4 is 34.0 Å². The zero-order chi connectivity index (χ0) is 14.5. The highest BCUT2D eigenvalue weighted by Gasteiger charge is 2.30. The van der Waals surface area contributed by atoms with Crippen LogP contribution in [0.5, 0.6) is 0 Å². The summed E-state index contributed by atoms with van der Waals surface area (Å²) in [6.07, 6.45) is 5.59. The van der Waals surface area contributed by atoms with Gasteiger partial charge in [-0.3, -0.25) is 4.21 Å². The first-order chi connectivity index (χ1) is 9.63. The lowest BCUT2D eigenvalue weighted by molar-refractivity contribution is 0.379. The van der Waals surface area contributed by atoms with Gasteiger partial charge in [-0.1, -0.05) is 43.0 Å². The molecule has 0 heterocycles. The molecule has 1 aromatic carbocycles. The van der Waals surface area contributed by atoms with Crippen LogP contribution in [0.3, 0.4) is 0 Å². The molecular formula is C15H21Cl2NOS. The standard InChI is InChI=1S/C15H21Cl2NOS/c1-2-9-18-14-5-3-4-6-15(14)20(19)11-7-8-12(16)13(17)10-11/h7-8,10,14-15,18H,2-6,9H2,1H3. The van der Waals surface area contributed by atoms with Crippen LogP contribution in [0.4, 0.5) is 0 Å². The molecule has 0 radical (unpaired) electrons. The van der Waals surface area contributed by atoms with Gasteiger partial charge < -0.3 is 5.32 Å². The fourth-order valence-corrected chi connectivity index (χ4v) is 4.75. The lowest BCUT2D eigenvalue weighted by Crippen LogP contribution is -2.44. The largest absolute Gasteiger partial charge is 0.313 e. The van der Waals surface area contributed by atoms with Gasteiger partial charge in [0.15, 0.2) is 0 Å². The summed E-state index contributed by atoms with van der Waals surface area (Å²) in [5, 5.41) is 4.71. The predicted octanol–water partition coefficient (Wildman–Crippen LogP) is 4.41. The minimum absolute atomic E-state index is 0.174. The Hall–Kier alpha value is -0.0900. The summed E-state index contributed by atoms with van der Waals surface area (Å²) in [6.45, 7) is 3.14. The summed E-state index contributed by atoms with van der Waals surface area (Å²) in [7, 11) is -1.03. The topological polar surface area (TPSA) is 29.1 Å². The molecule has 2 nitrogen and oxygen atoms in total. The van der Waals surface area contributed by atoms with Crippen LogP contribution in [0, 0.1) is 0 Å². The Balaban J connectivity index is 2.14. The molecule has 1 saturated carbocycles. The SMILES string of the molecule is CCCNC1CCCCC1S(=O)c1ccc(Cl)c(Cl)c1. The van der Waals surface area contributed by atoms with Crippen LogP contribution >= 0.6 is 23.2 Å². The monoisotopic (exact) mass is 333 g/mol. The summed E-state index contributed by atoms with van der Waals surface area (Å²) < 4.78 is 12.8. The Morgan fingerprint density at radius 3 is 2.70 bits per heavy atom. The Labute approximate surface area is 133 Å². The third kappa shape index (κ3) is 3.97. The highest BCUT2D eigenvalue weighted by Crippen LogP contribution is 2.29. The maximum Gasteiger partial charge on any atom is 0.0604 e. The molecule has 0 bridgehead atoms. The zero-order valence-corrected chi connectivity index (χ0v) is 14.0. The minimum Gasteiger partial charge on any atom is -0.313 e. The lowest BCUT2D eigenvalue weighted by atomic mass is 9.95. The first kappa shape index (κ1) is 16.3. The maximum absolute atomic E-state index is 12.8. The summed E-state index contributed by atoms with van der Waals surface area (Å²) >= 11 is 12.0. The van der Waals surface area contributed by atoms with E-state index in [0.29, 0.717) is 16.1 Å². The average molecular weight is 334 g/mol. The van der Waals surface area contributed by atoms with Crippen molar-refractivity contribution in [3.63, 3.8) is 0 Å².